The fraction of sp³-hybridized carbons (Fsp3) is 0.923. The number of hydrogen-bond acceptors (Lipinski definition) is 1. The molecule has 0 aromatic rings. The fourth-order valence-electron chi connectivity index (χ4n) is 2.25. The first kappa shape index (κ1) is 14.0. The van der Waals surface area contributed by atoms with Crippen LogP contribution >= 0.6 is 15.9 Å². The summed E-state index contributed by atoms with van der Waals surface area (Å²) in [6.07, 6.45) is 8.40. The second-order valence-corrected chi connectivity index (χ2v) is 5.81. The molecule has 0 saturated heterocycles. The van der Waals surface area contributed by atoms with Gasteiger partial charge >= 0.3 is 0 Å². The Kier molecular flexibility index (Phi) is 7.10. The molecule has 1 atom stereocenters. The molecule has 1 rings (SSSR count). The van der Waals surface area contributed by atoms with Crippen LogP contribution in [-0.2, 0) is 4.79 Å². The van der Waals surface area contributed by atoms with Gasteiger partial charge in [-0.05, 0) is 25.2 Å². The molecule has 1 amide bonds. The minimum absolute atomic E-state index is 0.290. The van der Waals surface area contributed by atoms with E-state index >= 15 is 0 Å². The number of carbonyl (C=O) groups excluding carboxylic acids is 1. The third-order valence-corrected chi connectivity index (χ3v) is 3.91. The lowest BCUT2D eigenvalue weighted by molar-refractivity contribution is -0.125. The number of halogens is 1. The number of amides is 1. The Balaban J connectivity index is 2.22. The molecule has 1 unspecified atom stereocenters. The van der Waals surface area contributed by atoms with E-state index in [9.17, 15) is 4.79 Å². The number of rotatable bonds is 5. The molecule has 1 fully saturated rings. The highest BCUT2D eigenvalue weighted by atomic mass is 79.9. The molecule has 1 saturated carbocycles. The van der Waals surface area contributed by atoms with Crippen LogP contribution < -0.4 is 5.32 Å². The Morgan fingerprint density at radius 2 is 1.94 bits per heavy atom. The quantitative estimate of drug-likeness (QED) is 0.609. The Morgan fingerprint density at radius 1 is 1.31 bits per heavy atom. The number of carbonyl (C=O) groups is 1. The maximum Gasteiger partial charge on any atom is 0.223 e. The number of nitrogens with one attached hydrogen (secondary N) is 1. The Morgan fingerprint density at radius 3 is 2.50 bits per heavy atom. The highest BCUT2D eigenvalue weighted by Crippen LogP contribution is 2.22. The van der Waals surface area contributed by atoms with Crippen molar-refractivity contribution in [1.82, 2.24) is 5.32 Å². The summed E-state index contributed by atoms with van der Waals surface area (Å²) in [5.41, 5.74) is 0. The zero-order valence-corrected chi connectivity index (χ0v) is 11.9. The monoisotopic (exact) mass is 289 g/mol. The average Bonchev–Trinajstić information content (AvgIpc) is 2.55. The lowest BCUT2D eigenvalue weighted by Crippen LogP contribution is -2.33. The molecule has 1 N–H and O–H groups in total. The summed E-state index contributed by atoms with van der Waals surface area (Å²) in [7, 11) is 0. The topological polar surface area (TPSA) is 29.1 Å². The molecule has 1 aliphatic rings. The van der Waals surface area contributed by atoms with E-state index in [-0.39, 0.29) is 0 Å². The predicted molar refractivity (Wildman–Crippen MR) is 71.8 cm³/mol. The SMILES string of the molecule is CC(CCBr)CNC(=O)C1CCCCCC1. The summed E-state index contributed by atoms with van der Waals surface area (Å²) in [6.45, 7) is 3.02. The van der Waals surface area contributed by atoms with Gasteiger partial charge in [-0.2, -0.15) is 0 Å². The molecule has 0 bridgehead atoms. The minimum Gasteiger partial charge on any atom is -0.356 e. The van der Waals surface area contributed by atoms with Gasteiger partial charge in [-0.3, -0.25) is 4.79 Å². The molecule has 94 valence electrons. The van der Waals surface area contributed by atoms with Gasteiger partial charge in [0.05, 0.1) is 0 Å². The molecule has 3 heteroatoms. The standard InChI is InChI=1S/C13H24BrNO/c1-11(8-9-14)10-15-13(16)12-6-4-2-3-5-7-12/h11-12H,2-10H2,1H3,(H,15,16). The summed E-state index contributed by atoms with van der Waals surface area (Å²) in [4.78, 5) is 11.9. The van der Waals surface area contributed by atoms with Crippen LogP contribution in [0.1, 0.15) is 51.9 Å². The van der Waals surface area contributed by atoms with Crippen LogP contribution in [0.25, 0.3) is 0 Å². The van der Waals surface area contributed by atoms with Crippen LogP contribution in [0.3, 0.4) is 0 Å². The van der Waals surface area contributed by atoms with Crippen molar-refractivity contribution in [2.45, 2.75) is 51.9 Å². The average molecular weight is 290 g/mol. The van der Waals surface area contributed by atoms with Gasteiger partial charge in [-0.25, -0.2) is 0 Å². The van der Waals surface area contributed by atoms with Crippen molar-refractivity contribution in [3.63, 3.8) is 0 Å². The summed E-state index contributed by atoms with van der Waals surface area (Å²) in [6, 6.07) is 0. The third kappa shape index (κ3) is 5.33. The molecular formula is C13H24BrNO. The van der Waals surface area contributed by atoms with Crippen LogP contribution in [-0.4, -0.2) is 17.8 Å². The molecule has 0 radical (unpaired) electrons. The third-order valence-electron chi connectivity index (χ3n) is 3.45. The van der Waals surface area contributed by atoms with Crippen molar-refractivity contribution in [2.24, 2.45) is 11.8 Å². The van der Waals surface area contributed by atoms with Crippen molar-refractivity contribution in [3.8, 4) is 0 Å². The Hall–Kier alpha value is -0.0500. The maximum atomic E-state index is 11.9. The molecular weight excluding hydrogens is 266 g/mol. The van der Waals surface area contributed by atoms with Crippen LogP contribution in [0.4, 0.5) is 0 Å². The van der Waals surface area contributed by atoms with Crippen molar-refractivity contribution < 1.29 is 4.79 Å². The fourth-order valence-corrected chi connectivity index (χ4v) is 3.03. The summed E-state index contributed by atoms with van der Waals surface area (Å²) in [5, 5.41) is 4.13. The Labute approximate surface area is 108 Å². The van der Waals surface area contributed by atoms with Crippen LogP contribution in [0.5, 0.6) is 0 Å². The molecule has 0 aromatic carbocycles. The van der Waals surface area contributed by atoms with E-state index in [1.54, 1.807) is 0 Å². The largest absolute Gasteiger partial charge is 0.356 e. The van der Waals surface area contributed by atoms with Gasteiger partial charge in [0.1, 0.15) is 0 Å². The van der Waals surface area contributed by atoms with E-state index in [0.717, 1.165) is 31.1 Å². The first-order valence-corrected chi connectivity index (χ1v) is 7.70. The molecule has 16 heavy (non-hydrogen) atoms. The van der Waals surface area contributed by atoms with E-state index in [1.807, 2.05) is 0 Å². The molecule has 0 aliphatic heterocycles. The predicted octanol–water partition coefficient (Wildman–Crippen LogP) is 3.49. The van der Waals surface area contributed by atoms with Gasteiger partial charge in [-0.15, -0.1) is 0 Å². The van der Waals surface area contributed by atoms with Crippen molar-refractivity contribution in [2.75, 3.05) is 11.9 Å². The molecule has 0 spiro atoms. The van der Waals surface area contributed by atoms with Gasteiger partial charge in [-0.1, -0.05) is 48.5 Å². The van der Waals surface area contributed by atoms with E-state index in [4.69, 9.17) is 0 Å². The van der Waals surface area contributed by atoms with E-state index in [0.29, 0.717) is 17.7 Å². The highest BCUT2D eigenvalue weighted by molar-refractivity contribution is 9.09. The van der Waals surface area contributed by atoms with Gasteiger partial charge in [0.15, 0.2) is 0 Å². The zero-order valence-electron chi connectivity index (χ0n) is 10.3. The van der Waals surface area contributed by atoms with Crippen molar-refractivity contribution in [3.05, 3.63) is 0 Å². The summed E-state index contributed by atoms with van der Waals surface area (Å²) < 4.78 is 0. The first-order chi connectivity index (χ1) is 7.74. The van der Waals surface area contributed by atoms with Gasteiger partial charge < -0.3 is 5.32 Å². The highest BCUT2D eigenvalue weighted by Gasteiger charge is 2.19. The first-order valence-electron chi connectivity index (χ1n) is 6.57. The second-order valence-electron chi connectivity index (χ2n) is 5.02. The van der Waals surface area contributed by atoms with Crippen LogP contribution in [0, 0.1) is 11.8 Å². The van der Waals surface area contributed by atoms with Crippen LogP contribution in [0.2, 0.25) is 0 Å². The zero-order chi connectivity index (χ0) is 11.8. The maximum absolute atomic E-state index is 11.9. The lowest BCUT2D eigenvalue weighted by atomic mass is 9.99. The summed E-state index contributed by atoms with van der Waals surface area (Å²) in [5.74, 6) is 1.16. The second kappa shape index (κ2) is 8.10. The molecule has 1 aliphatic carbocycles. The minimum atomic E-state index is 0.290. The van der Waals surface area contributed by atoms with Gasteiger partial charge in [0.25, 0.3) is 0 Å². The molecule has 2 nitrogen and oxygen atoms in total. The normalized spacial score (nSPS) is 20.1. The lowest BCUT2D eigenvalue weighted by Gasteiger charge is -2.16. The molecule has 0 heterocycles. The van der Waals surface area contributed by atoms with E-state index in [2.05, 4.69) is 28.2 Å². The van der Waals surface area contributed by atoms with E-state index in [1.165, 1.54) is 25.7 Å². The van der Waals surface area contributed by atoms with Crippen LogP contribution in [0.15, 0.2) is 0 Å². The smallest absolute Gasteiger partial charge is 0.223 e. The van der Waals surface area contributed by atoms with Gasteiger partial charge in [0.2, 0.25) is 5.91 Å². The summed E-state index contributed by atoms with van der Waals surface area (Å²) >= 11 is 3.43. The van der Waals surface area contributed by atoms with Gasteiger partial charge in [0, 0.05) is 17.8 Å². The van der Waals surface area contributed by atoms with Crippen molar-refractivity contribution in [1.29, 1.82) is 0 Å². The Bertz CT molecular complexity index is 200. The van der Waals surface area contributed by atoms with Crippen molar-refractivity contribution >= 4 is 21.8 Å². The number of hydrogen-bond donors (Lipinski definition) is 1. The number of alkyl halides is 1. The van der Waals surface area contributed by atoms with E-state index < -0.39 is 0 Å². The molecule has 0 aromatic heterocycles.